The van der Waals surface area contributed by atoms with Crippen LogP contribution in [0.15, 0.2) is 46.8 Å². The van der Waals surface area contributed by atoms with E-state index in [1.165, 1.54) is 30.2 Å². The van der Waals surface area contributed by atoms with Crippen molar-refractivity contribution in [2.45, 2.75) is 16.5 Å². The SMILES string of the molecule is COC(=O)c1sc2cc(NC(=S)NNC(=O)[C@@H](C)Sc3nc4ccccc4s3)ccc2c1Cl. The number of thioether (sulfide) groups is 1. The minimum atomic E-state index is -0.478. The van der Waals surface area contributed by atoms with Crippen molar-refractivity contribution < 1.29 is 14.3 Å². The van der Waals surface area contributed by atoms with Crippen LogP contribution in [0.2, 0.25) is 5.02 Å². The van der Waals surface area contributed by atoms with E-state index in [1.54, 1.807) is 30.4 Å². The summed E-state index contributed by atoms with van der Waals surface area (Å²) in [6, 6.07) is 13.2. The molecule has 0 bridgehead atoms. The number of fused-ring (bicyclic) bond motifs is 2. The summed E-state index contributed by atoms with van der Waals surface area (Å²) in [5.41, 5.74) is 6.92. The second-order valence-corrected chi connectivity index (χ2v) is 11.2. The maximum atomic E-state index is 12.5. The number of para-hydroxylation sites is 1. The third kappa shape index (κ3) is 5.39. The van der Waals surface area contributed by atoms with Crippen molar-refractivity contribution in [2.24, 2.45) is 0 Å². The molecule has 0 spiro atoms. The molecule has 3 N–H and O–H groups in total. The third-order valence-electron chi connectivity index (χ3n) is 4.48. The molecule has 0 unspecified atom stereocenters. The lowest BCUT2D eigenvalue weighted by Gasteiger charge is -2.14. The summed E-state index contributed by atoms with van der Waals surface area (Å²) in [6.45, 7) is 1.80. The van der Waals surface area contributed by atoms with Crippen LogP contribution in [0, 0.1) is 0 Å². The van der Waals surface area contributed by atoms with Crippen LogP contribution in [0.5, 0.6) is 0 Å². The standard InChI is InChI=1S/C21H17ClN4O3S4/c1-10(31-21-24-13-5-3-4-6-14(13)33-21)18(27)25-26-20(30)23-11-7-8-12-15(9-11)32-17(16(12)22)19(28)29-2/h3-10H,1-2H3,(H,25,27)(H2,23,26,30)/t10-/m1/s1. The first-order valence-electron chi connectivity index (χ1n) is 9.55. The van der Waals surface area contributed by atoms with E-state index in [2.05, 4.69) is 21.2 Å². The highest BCUT2D eigenvalue weighted by molar-refractivity contribution is 8.02. The van der Waals surface area contributed by atoms with Crippen LogP contribution in [0.1, 0.15) is 16.6 Å². The first-order valence-corrected chi connectivity index (χ1v) is 12.8. The predicted octanol–water partition coefficient (Wildman–Crippen LogP) is 5.45. The molecule has 1 amide bonds. The molecule has 4 aromatic rings. The van der Waals surface area contributed by atoms with Crippen molar-refractivity contribution in [3.8, 4) is 0 Å². The van der Waals surface area contributed by atoms with Gasteiger partial charge in [-0.05, 0) is 49.5 Å². The molecule has 2 heterocycles. The highest BCUT2D eigenvalue weighted by Crippen LogP contribution is 2.37. The number of halogens is 1. The van der Waals surface area contributed by atoms with Crippen molar-refractivity contribution in [1.82, 2.24) is 15.8 Å². The molecule has 0 aliphatic rings. The first kappa shape index (κ1) is 23.7. The number of methoxy groups -OCH3 is 1. The van der Waals surface area contributed by atoms with Gasteiger partial charge in [0.25, 0.3) is 5.91 Å². The Morgan fingerprint density at radius 3 is 2.70 bits per heavy atom. The summed E-state index contributed by atoms with van der Waals surface area (Å²) in [5, 5.41) is 3.96. The Hall–Kier alpha value is -2.44. The molecule has 12 heteroatoms. The van der Waals surface area contributed by atoms with Crippen molar-refractivity contribution in [3.05, 3.63) is 52.4 Å². The second kappa shape index (κ2) is 10.2. The highest BCUT2D eigenvalue weighted by Gasteiger charge is 2.19. The fraction of sp³-hybridized carbons (Fsp3) is 0.143. The lowest BCUT2D eigenvalue weighted by Crippen LogP contribution is -2.46. The fourth-order valence-corrected chi connectivity index (χ4v) is 6.70. The maximum absolute atomic E-state index is 12.5. The summed E-state index contributed by atoms with van der Waals surface area (Å²) in [6.07, 6.45) is 0. The van der Waals surface area contributed by atoms with Crippen LogP contribution >= 0.6 is 58.3 Å². The van der Waals surface area contributed by atoms with E-state index >= 15 is 0 Å². The van der Waals surface area contributed by atoms with E-state index in [1.807, 2.05) is 30.3 Å². The number of thiazole rings is 1. The number of carbonyl (C=O) groups excluding carboxylic acids is 2. The van der Waals surface area contributed by atoms with Crippen LogP contribution in [0.25, 0.3) is 20.3 Å². The number of benzene rings is 2. The molecule has 4 rings (SSSR count). The predicted molar refractivity (Wildman–Crippen MR) is 141 cm³/mol. The van der Waals surface area contributed by atoms with Gasteiger partial charge in [-0.2, -0.15) is 0 Å². The molecule has 0 fully saturated rings. The summed E-state index contributed by atoms with van der Waals surface area (Å²) < 4.78 is 7.48. The fourth-order valence-electron chi connectivity index (χ4n) is 2.86. The minimum Gasteiger partial charge on any atom is -0.465 e. The van der Waals surface area contributed by atoms with E-state index in [0.29, 0.717) is 15.6 Å². The third-order valence-corrected chi connectivity index (χ3v) is 8.55. The zero-order valence-corrected chi connectivity index (χ0v) is 21.3. The number of nitrogens with zero attached hydrogens (tertiary/aromatic N) is 1. The Balaban J connectivity index is 1.33. The van der Waals surface area contributed by atoms with Crippen LogP contribution < -0.4 is 16.2 Å². The van der Waals surface area contributed by atoms with Crippen molar-refractivity contribution in [1.29, 1.82) is 0 Å². The number of thiocarbonyl (C=S) groups is 1. The lowest BCUT2D eigenvalue weighted by molar-refractivity contribution is -0.120. The average Bonchev–Trinajstić information content (AvgIpc) is 3.36. The van der Waals surface area contributed by atoms with Crippen LogP contribution in [-0.2, 0) is 9.53 Å². The number of amides is 1. The molecule has 1 atom stereocenters. The Labute approximate surface area is 211 Å². The monoisotopic (exact) mass is 536 g/mol. The lowest BCUT2D eigenvalue weighted by atomic mass is 10.2. The summed E-state index contributed by atoms with van der Waals surface area (Å²) in [5.74, 6) is -0.708. The number of rotatable bonds is 5. The van der Waals surface area contributed by atoms with Gasteiger partial charge >= 0.3 is 5.97 Å². The summed E-state index contributed by atoms with van der Waals surface area (Å²) >= 11 is 15.7. The van der Waals surface area contributed by atoms with E-state index < -0.39 is 5.97 Å². The Morgan fingerprint density at radius 2 is 1.94 bits per heavy atom. The normalized spacial score (nSPS) is 11.8. The van der Waals surface area contributed by atoms with Gasteiger partial charge in [0.05, 0.1) is 27.6 Å². The van der Waals surface area contributed by atoms with Gasteiger partial charge in [0.1, 0.15) is 4.88 Å². The molecule has 33 heavy (non-hydrogen) atoms. The second-order valence-electron chi connectivity index (χ2n) is 6.72. The van der Waals surface area contributed by atoms with Gasteiger partial charge in [0, 0.05) is 15.8 Å². The zero-order chi connectivity index (χ0) is 23.5. The number of aromatic nitrogens is 1. The van der Waals surface area contributed by atoms with Gasteiger partial charge in [-0.3, -0.25) is 15.6 Å². The van der Waals surface area contributed by atoms with Gasteiger partial charge in [0.2, 0.25) is 0 Å². The quantitative estimate of drug-likeness (QED) is 0.134. The van der Waals surface area contributed by atoms with E-state index in [4.69, 9.17) is 28.6 Å². The number of hydrogen-bond acceptors (Lipinski definition) is 8. The number of hydrogen-bond donors (Lipinski definition) is 3. The van der Waals surface area contributed by atoms with Gasteiger partial charge < -0.3 is 10.1 Å². The molecule has 7 nitrogen and oxygen atoms in total. The molecule has 0 aliphatic carbocycles. The molecule has 0 aliphatic heterocycles. The largest absolute Gasteiger partial charge is 0.465 e. The van der Waals surface area contributed by atoms with E-state index in [0.717, 1.165) is 24.6 Å². The van der Waals surface area contributed by atoms with Crippen molar-refractivity contribution >= 4 is 101 Å². The average molecular weight is 537 g/mol. The Bertz CT molecular complexity index is 1340. The number of ether oxygens (including phenoxy) is 1. The van der Waals surface area contributed by atoms with Crippen molar-refractivity contribution in [2.75, 3.05) is 12.4 Å². The Morgan fingerprint density at radius 1 is 1.15 bits per heavy atom. The molecule has 0 saturated heterocycles. The molecule has 0 saturated carbocycles. The smallest absolute Gasteiger partial charge is 0.349 e. The summed E-state index contributed by atoms with van der Waals surface area (Å²) in [7, 11) is 1.31. The summed E-state index contributed by atoms with van der Waals surface area (Å²) in [4.78, 5) is 29.2. The number of carbonyl (C=O) groups is 2. The van der Waals surface area contributed by atoms with Crippen molar-refractivity contribution in [3.63, 3.8) is 0 Å². The van der Waals surface area contributed by atoms with E-state index in [-0.39, 0.29) is 16.3 Å². The van der Waals surface area contributed by atoms with Gasteiger partial charge in [-0.15, -0.1) is 22.7 Å². The number of anilines is 1. The number of nitrogens with one attached hydrogen (secondary N) is 3. The van der Waals surface area contributed by atoms with E-state index in [9.17, 15) is 9.59 Å². The molecule has 2 aromatic carbocycles. The minimum absolute atomic E-state index is 0.218. The molecular formula is C21H17ClN4O3S4. The Kier molecular flexibility index (Phi) is 7.35. The molecule has 0 radical (unpaired) electrons. The maximum Gasteiger partial charge on any atom is 0.349 e. The topological polar surface area (TPSA) is 92.4 Å². The number of esters is 1. The molecular weight excluding hydrogens is 520 g/mol. The number of thiophene rings is 1. The molecule has 2 aromatic heterocycles. The van der Waals surface area contributed by atoms with Gasteiger partial charge in [-0.1, -0.05) is 35.5 Å². The van der Waals surface area contributed by atoms with Crippen LogP contribution in [0.3, 0.4) is 0 Å². The first-order chi connectivity index (χ1) is 15.9. The van der Waals surface area contributed by atoms with Crippen LogP contribution in [-0.4, -0.2) is 34.3 Å². The van der Waals surface area contributed by atoms with Gasteiger partial charge in [-0.25, -0.2) is 9.78 Å². The zero-order valence-electron chi connectivity index (χ0n) is 17.3. The molecule has 170 valence electrons. The number of hydrazine groups is 1. The highest BCUT2D eigenvalue weighted by atomic mass is 35.5. The van der Waals surface area contributed by atoms with Crippen LogP contribution in [0.4, 0.5) is 5.69 Å². The van der Waals surface area contributed by atoms with Gasteiger partial charge in [0.15, 0.2) is 9.45 Å².